The van der Waals surface area contributed by atoms with Gasteiger partial charge in [-0.05, 0) is 88.4 Å². The van der Waals surface area contributed by atoms with E-state index < -0.39 is 0 Å². The minimum Gasteiger partial charge on any atom is -0.263 e. The molecule has 0 saturated carbocycles. The highest BCUT2D eigenvalue weighted by Gasteiger charge is 2.23. The minimum absolute atomic E-state index is 0.00912. The molecule has 5 heterocycles. The molecule has 1 aliphatic heterocycles. The van der Waals surface area contributed by atoms with Crippen LogP contribution in [-0.4, -0.2) is 39.5 Å². The van der Waals surface area contributed by atoms with Crippen molar-refractivity contribution < 1.29 is 9.13 Å². The van der Waals surface area contributed by atoms with Gasteiger partial charge in [0.25, 0.3) is 0 Å². The summed E-state index contributed by atoms with van der Waals surface area (Å²) >= 11 is 0. The predicted molar refractivity (Wildman–Crippen MR) is 270 cm³/mol. The van der Waals surface area contributed by atoms with Crippen LogP contribution < -0.4 is 9.13 Å². The van der Waals surface area contributed by atoms with Crippen molar-refractivity contribution in [2.24, 2.45) is 0 Å². The monoisotopic (exact) mass is 909 g/mol. The summed E-state index contributed by atoms with van der Waals surface area (Å²) in [5, 5.41) is 16.2. The van der Waals surface area contributed by atoms with Crippen molar-refractivity contribution >= 4 is 0 Å². The van der Waals surface area contributed by atoms with Gasteiger partial charge in [-0.1, -0.05) is 156 Å². The molecule has 8 aromatic rings. The van der Waals surface area contributed by atoms with Crippen molar-refractivity contribution in [3.63, 3.8) is 0 Å². The fraction of sp³-hybridized carbons (Fsp3) is 0.414. The fourth-order valence-electron chi connectivity index (χ4n) is 9.39. The number of imidazole rings is 2. The van der Waals surface area contributed by atoms with E-state index in [-0.39, 0.29) is 21.7 Å². The summed E-state index contributed by atoms with van der Waals surface area (Å²) in [6, 6.07) is 28.2. The van der Waals surface area contributed by atoms with E-state index >= 15 is 0 Å². The Hall–Kier alpha value is -6.42. The molecule has 0 atom stereocenters. The van der Waals surface area contributed by atoms with Crippen molar-refractivity contribution in [2.45, 2.75) is 157 Å². The topological polar surface area (TPSA) is 101 Å². The molecular formula is C58H72N10+2. The molecule has 16 bridgehead atoms. The minimum atomic E-state index is -0.0118. The first-order chi connectivity index (χ1) is 32.0. The molecule has 0 spiro atoms. The van der Waals surface area contributed by atoms with Crippen LogP contribution >= 0.6 is 0 Å². The van der Waals surface area contributed by atoms with E-state index in [4.69, 9.17) is 20.2 Å². The van der Waals surface area contributed by atoms with Crippen LogP contribution in [0.25, 0.3) is 0 Å². The molecule has 2 N–H and O–H groups in total. The predicted octanol–water partition coefficient (Wildman–Crippen LogP) is 10.2. The Balaban J connectivity index is 1.09. The Bertz CT molecular complexity index is 2500. The van der Waals surface area contributed by atoms with Gasteiger partial charge in [-0.15, -0.1) is 0 Å². The first-order valence-electron chi connectivity index (χ1n) is 24.5. The lowest BCUT2D eigenvalue weighted by Crippen LogP contribution is -2.32. The Kier molecular flexibility index (Phi) is 12.3. The summed E-state index contributed by atoms with van der Waals surface area (Å²) in [6.07, 6.45) is 15.9. The van der Waals surface area contributed by atoms with E-state index in [1.807, 2.05) is 0 Å². The molecule has 0 unspecified atom stereocenters. The van der Waals surface area contributed by atoms with E-state index in [0.29, 0.717) is 25.7 Å². The van der Waals surface area contributed by atoms with Crippen molar-refractivity contribution in [3.05, 3.63) is 200 Å². The maximum Gasteiger partial charge on any atom is 0.244 e. The first-order valence-corrected chi connectivity index (χ1v) is 24.5. The second-order valence-corrected chi connectivity index (χ2v) is 23.8. The SMILES string of the molecule is CC(C)(C)c1cc2cc(c1)Cn1cc[n+](c1)Cc1cc(cc(C(C)(C)C)c1)Cc1n[nH]c(n1)Cc1cc(cc(C(C)(C)C)c1)C[n+]1ccn(c1)Cc1cc(cc(C(C)(C)C)c1)Cc1nc(n[nH]1)C2. The van der Waals surface area contributed by atoms with Gasteiger partial charge >= 0.3 is 0 Å². The molecule has 0 aliphatic carbocycles. The molecule has 0 radical (unpaired) electrons. The summed E-state index contributed by atoms with van der Waals surface area (Å²) in [6.45, 7) is 30.5. The van der Waals surface area contributed by atoms with Crippen LogP contribution in [0.15, 0.2) is 110 Å². The van der Waals surface area contributed by atoms with Crippen molar-refractivity contribution in [2.75, 3.05) is 0 Å². The van der Waals surface area contributed by atoms with Gasteiger partial charge < -0.3 is 0 Å². The van der Waals surface area contributed by atoms with Gasteiger partial charge in [-0.2, -0.15) is 10.2 Å². The molecule has 0 amide bonds. The van der Waals surface area contributed by atoms with E-state index in [9.17, 15) is 0 Å². The Morgan fingerprint density at radius 2 is 0.706 bits per heavy atom. The van der Waals surface area contributed by atoms with Crippen molar-refractivity contribution in [3.8, 4) is 0 Å². The molecule has 10 heteroatoms. The largest absolute Gasteiger partial charge is 0.263 e. The second kappa shape index (κ2) is 17.9. The quantitative estimate of drug-likeness (QED) is 0.148. The third-order valence-corrected chi connectivity index (χ3v) is 13.3. The van der Waals surface area contributed by atoms with E-state index in [1.54, 1.807) is 0 Å². The third kappa shape index (κ3) is 11.5. The van der Waals surface area contributed by atoms with Gasteiger partial charge in [0.1, 0.15) is 62.6 Å². The summed E-state index contributed by atoms with van der Waals surface area (Å²) in [5.41, 5.74) is 15.2. The molecule has 4 aromatic carbocycles. The van der Waals surface area contributed by atoms with Gasteiger partial charge in [-0.3, -0.25) is 10.2 Å². The van der Waals surface area contributed by atoms with Crippen LogP contribution in [0.1, 0.15) is 173 Å². The number of benzene rings is 4. The number of nitrogens with one attached hydrogen (secondary N) is 2. The fourth-order valence-corrected chi connectivity index (χ4v) is 9.39. The van der Waals surface area contributed by atoms with E-state index in [1.165, 1.54) is 66.8 Å². The number of aromatic amines is 2. The smallest absolute Gasteiger partial charge is 0.244 e. The highest BCUT2D eigenvalue weighted by molar-refractivity contribution is 5.39. The van der Waals surface area contributed by atoms with Gasteiger partial charge in [0.05, 0.1) is 0 Å². The van der Waals surface area contributed by atoms with Gasteiger partial charge in [0.15, 0.2) is 11.6 Å². The average Bonchev–Trinajstić information content (AvgIpc) is 4.06. The molecule has 352 valence electrons. The summed E-state index contributed by atoms with van der Waals surface area (Å²) < 4.78 is 9.16. The number of hydrogen-bond donors (Lipinski definition) is 2. The van der Waals surface area contributed by atoms with Gasteiger partial charge in [0.2, 0.25) is 12.7 Å². The number of nitrogens with zero attached hydrogens (tertiary/aromatic N) is 8. The van der Waals surface area contributed by atoms with E-state index in [0.717, 1.165) is 49.5 Å². The number of rotatable bonds is 0. The molecule has 9 rings (SSSR count). The molecular weight excluding hydrogens is 837 g/mol. The lowest BCUT2D eigenvalue weighted by atomic mass is 9.84. The van der Waals surface area contributed by atoms with Crippen LogP contribution in [0, 0.1) is 0 Å². The first kappa shape index (κ1) is 46.7. The molecule has 1 aliphatic rings. The highest BCUT2D eigenvalue weighted by atomic mass is 15.2. The lowest BCUT2D eigenvalue weighted by molar-refractivity contribution is -0.688. The Morgan fingerprint density at radius 1 is 0.397 bits per heavy atom. The maximum atomic E-state index is 5.09. The van der Waals surface area contributed by atoms with Crippen molar-refractivity contribution in [1.82, 2.24) is 39.5 Å². The molecule has 4 aromatic heterocycles. The molecule has 68 heavy (non-hydrogen) atoms. The number of H-pyrrole nitrogens is 2. The van der Waals surface area contributed by atoms with Crippen LogP contribution in [0.5, 0.6) is 0 Å². The number of aromatic nitrogens is 10. The van der Waals surface area contributed by atoms with Crippen LogP contribution in [-0.2, 0) is 73.5 Å². The summed E-state index contributed by atoms with van der Waals surface area (Å²) in [4.78, 5) is 10.2. The summed E-state index contributed by atoms with van der Waals surface area (Å²) in [5.74, 6) is 3.39. The summed E-state index contributed by atoms with van der Waals surface area (Å²) in [7, 11) is 0. The van der Waals surface area contributed by atoms with Crippen LogP contribution in [0.4, 0.5) is 0 Å². The zero-order valence-electron chi connectivity index (χ0n) is 42.6. The van der Waals surface area contributed by atoms with E-state index in [2.05, 4.69) is 222 Å². The highest BCUT2D eigenvalue weighted by Crippen LogP contribution is 2.30. The number of hydrogen-bond acceptors (Lipinski definition) is 4. The maximum absolute atomic E-state index is 5.09. The molecule has 0 saturated heterocycles. The third-order valence-electron chi connectivity index (χ3n) is 13.3. The van der Waals surface area contributed by atoms with Crippen molar-refractivity contribution in [1.29, 1.82) is 0 Å². The molecule has 0 fully saturated rings. The normalized spacial score (nSPS) is 14.3. The van der Waals surface area contributed by atoms with Crippen LogP contribution in [0.2, 0.25) is 0 Å². The molecule has 10 nitrogen and oxygen atoms in total. The second-order valence-electron chi connectivity index (χ2n) is 23.8. The lowest BCUT2D eigenvalue weighted by Gasteiger charge is -2.21. The standard InChI is InChI=1S/C58H72N10/c1-55(2,3)47-21-39-17-43(25-47)33-65-13-14-66(37-65)34-44-19-41(23-49(26-44)57(7,8)9)31-53-60-54(64-63-53)32-42-20-46(28-50(24-42)58(10,11)12)36-68-16-15-67(38-68)35-45-18-40(22-48(27-45)56(4,5)6)30-52-59-51(29-39)61-62-52/h13-28,37-38H,29-36H2,1-12H3,(H,59,61,62)(H,60,63,64)/q+2. The number of fused-ring (bicyclic) bond motifs is 16. The van der Waals surface area contributed by atoms with Gasteiger partial charge in [-0.25, -0.2) is 28.2 Å². The van der Waals surface area contributed by atoms with Crippen LogP contribution in [0.3, 0.4) is 0 Å². The average molecular weight is 909 g/mol. The van der Waals surface area contributed by atoms with Gasteiger partial charge in [0, 0.05) is 25.7 Å². The zero-order valence-corrected chi connectivity index (χ0v) is 42.6. The Morgan fingerprint density at radius 3 is 1.06 bits per heavy atom. The Labute approximate surface area is 404 Å². The zero-order chi connectivity index (χ0) is 48.2.